The molecule has 0 radical (unpaired) electrons. The van der Waals surface area contributed by atoms with Gasteiger partial charge in [-0.1, -0.05) is 0 Å². The predicted molar refractivity (Wildman–Crippen MR) is 80.6 cm³/mol. The van der Waals surface area contributed by atoms with E-state index < -0.39 is 18.4 Å². The summed E-state index contributed by atoms with van der Waals surface area (Å²) in [6.45, 7) is 8.81. The summed E-state index contributed by atoms with van der Waals surface area (Å²) < 4.78 is 5.55. The molecule has 0 N–H and O–H groups in total. The van der Waals surface area contributed by atoms with Gasteiger partial charge < -0.3 is 0 Å². The molecule has 3 heteroatoms. The molecule has 0 unspecified atom stereocenters. The average Bonchev–Trinajstić information content (AvgIpc) is 2.93. The predicted octanol–water partition coefficient (Wildman–Crippen LogP) is 5.17. The van der Waals surface area contributed by atoms with Gasteiger partial charge in [-0.2, -0.15) is 0 Å². The maximum atomic E-state index is 5.26. The Morgan fingerprint density at radius 2 is 1.17 bits per heavy atom. The summed E-state index contributed by atoms with van der Waals surface area (Å²) in [5.41, 5.74) is 0. The fourth-order valence-corrected chi connectivity index (χ4v) is 20.3. The van der Waals surface area contributed by atoms with Crippen LogP contribution in [0.15, 0.2) is 0 Å². The van der Waals surface area contributed by atoms with Crippen LogP contribution in [-0.2, 0) is 9.78 Å². The van der Waals surface area contributed by atoms with Crippen molar-refractivity contribution in [2.24, 2.45) is 0 Å². The van der Waals surface area contributed by atoms with E-state index >= 15 is 0 Å². The molecule has 0 saturated carbocycles. The quantitative estimate of drug-likeness (QED) is 0.394. The van der Waals surface area contributed by atoms with Crippen LogP contribution < -0.4 is 0 Å². The van der Waals surface area contributed by atoms with E-state index in [0.29, 0.717) is 0 Å². The summed E-state index contributed by atoms with van der Waals surface area (Å²) in [6, 6.07) is 0. The van der Waals surface area contributed by atoms with Crippen LogP contribution in [0.2, 0.25) is 17.2 Å². The van der Waals surface area contributed by atoms with Gasteiger partial charge in [-0.05, 0) is 0 Å². The van der Waals surface area contributed by atoms with Crippen LogP contribution in [0.25, 0.3) is 0 Å². The average molecular weight is 363 g/mol. The second kappa shape index (κ2) is 9.60. The zero-order chi connectivity index (χ0) is 13.3. The molecule has 0 aliphatic carbocycles. The first-order valence-electron chi connectivity index (χ1n) is 8.03. The molecule has 1 heterocycles. The van der Waals surface area contributed by atoms with Gasteiger partial charge in [0.25, 0.3) is 0 Å². The molecule has 108 valence electrons. The van der Waals surface area contributed by atoms with E-state index in [-0.39, 0.29) is 0 Å². The molecule has 0 amide bonds. The van der Waals surface area contributed by atoms with Crippen LogP contribution >= 0.6 is 0 Å². The topological polar surface area (TPSA) is 18.5 Å². The molecule has 0 aromatic carbocycles. The summed E-state index contributed by atoms with van der Waals surface area (Å²) in [7, 11) is 0. The van der Waals surface area contributed by atoms with Gasteiger partial charge in [-0.3, -0.25) is 0 Å². The first-order chi connectivity index (χ1) is 8.79. The minimum atomic E-state index is -2.03. The van der Waals surface area contributed by atoms with Crippen LogP contribution in [0.1, 0.15) is 59.3 Å². The monoisotopic (exact) mass is 364 g/mol. The summed E-state index contributed by atoms with van der Waals surface area (Å²) in [5, 5.41) is 0. The molecule has 0 aromatic rings. The van der Waals surface area contributed by atoms with Crippen LogP contribution in [0.5, 0.6) is 0 Å². The first kappa shape index (κ1) is 16.8. The molecular formula is C15H32O2Sn. The van der Waals surface area contributed by atoms with E-state index in [0.717, 1.165) is 17.1 Å². The molecule has 1 fully saturated rings. The molecule has 0 spiro atoms. The van der Waals surface area contributed by atoms with Crippen molar-refractivity contribution in [1.29, 1.82) is 0 Å². The van der Waals surface area contributed by atoms with Crippen molar-refractivity contribution in [3.05, 3.63) is 0 Å². The first-order valence-corrected chi connectivity index (χ1v) is 15.7. The summed E-state index contributed by atoms with van der Waals surface area (Å²) in [6.07, 6.45) is 8.39. The van der Waals surface area contributed by atoms with Crippen LogP contribution in [0.3, 0.4) is 0 Å². The molecule has 1 rings (SSSR count). The fourth-order valence-electron chi connectivity index (χ4n) is 3.24. The Kier molecular flexibility index (Phi) is 8.94. The minimum absolute atomic E-state index is 0.837. The van der Waals surface area contributed by atoms with Crippen molar-refractivity contribution in [3.63, 3.8) is 0 Å². The second-order valence-electron chi connectivity index (χ2n) is 5.94. The van der Waals surface area contributed by atoms with Gasteiger partial charge in [0.15, 0.2) is 0 Å². The Labute approximate surface area is 118 Å². The van der Waals surface area contributed by atoms with Crippen molar-refractivity contribution in [2.75, 3.05) is 13.2 Å². The van der Waals surface area contributed by atoms with E-state index in [9.17, 15) is 0 Å². The Morgan fingerprint density at radius 1 is 0.778 bits per heavy atom. The van der Waals surface area contributed by atoms with Crippen molar-refractivity contribution >= 4 is 18.4 Å². The second-order valence-corrected chi connectivity index (χ2v) is 20.3. The van der Waals surface area contributed by atoms with Crippen molar-refractivity contribution in [3.8, 4) is 0 Å². The van der Waals surface area contributed by atoms with Crippen molar-refractivity contribution < 1.29 is 9.78 Å². The van der Waals surface area contributed by atoms with Gasteiger partial charge in [0.2, 0.25) is 0 Å². The van der Waals surface area contributed by atoms with Crippen LogP contribution in [0.4, 0.5) is 0 Å². The van der Waals surface area contributed by atoms with Crippen molar-refractivity contribution in [1.82, 2.24) is 0 Å². The molecule has 1 saturated heterocycles. The Hall–Kier alpha value is 0.719. The number of unbranched alkanes of at least 4 members (excludes halogenated alkanes) is 3. The summed E-state index contributed by atoms with van der Waals surface area (Å²) >= 11 is -2.03. The van der Waals surface area contributed by atoms with Gasteiger partial charge >= 0.3 is 118 Å². The van der Waals surface area contributed by atoms with E-state index in [2.05, 4.69) is 20.8 Å². The standard InChI is InChI=1S/3C4H9.C3H5O2.Sn/c3*1-3-4-2;1-2-4-5-3-1;/h3*1,3-4H2,2H3;1H,2-3H2;. The van der Waals surface area contributed by atoms with Gasteiger partial charge in [-0.15, -0.1) is 0 Å². The third-order valence-corrected chi connectivity index (χ3v) is 22.0. The Balaban J connectivity index is 2.68. The van der Waals surface area contributed by atoms with Gasteiger partial charge in [0.1, 0.15) is 0 Å². The van der Waals surface area contributed by atoms with Crippen LogP contribution in [-0.4, -0.2) is 31.6 Å². The SMILES string of the molecule is CCC[CH2][Sn]([CH2]CCC)([CH2]CCC)[CH]1COOC1. The third kappa shape index (κ3) is 5.01. The molecule has 0 atom stereocenters. The molecule has 1 aliphatic rings. The number of hydrogen-bond acceptors (Lipinski definition) is 2. The molecule has 0 aromatic heterocycles. The summed E-state index contributed by atoms with van der Waals surface area (Å²) in [4.78, 5) is 10.5. The number of hydrogen-bond donors (Lipinski definition) is 0. The fraction of sp³-hybridized carbons (Fsp3) is 1.00. The van der Waals surface area contributed by atoms with E-state index in [1.807, 2.05) is 0 Å². The van der Waals surface area contributed by atoms with Crippen LogP contribution in [0, 0.1) is 0 Å². The number of rotatable bonds is 10. The van der Waals surface area contributed by atoms with E-state index in [1.165, 1.54) is 38.5 Å². The molecule has 0 bridgehead atoms. The zero-order valence-electron chi connectivity index (χ0n) is 12.7. The summed E-state index contributed by atoms with van der Waals surface area (Å²) in [5.74, 6) is 0. The van der Waals surface area contributed by atoms with Gasteiger partial charge in [0.05, 0.1) is 0 Å². The molecular weight excluding hydrogens is 331 g/mol. The maximum absolute atomic E-state index is 5.26. The van der Waals surface area contributed by atoms with Gasteiger partial charge in [0, 0.05) is 0 Å². The Morgan fingerprint density at radius 3 is 1.50 bits per heavy atom. The van der Waals surface area contributed by atoms with E-state index in [1.54, 1.807) is 13.3 Å². The Bertz CT molecular complexity index is 181. The molecule has 2 nitrogen and oxygen atoms in total. The van der Waals surface area contributed by atoms with E-state index in [4.69, 9.17) is 9.78 Å². The van der Waals surface area contributed by atoms with Crippen molar-refractivity contribution in [2.45, 2.75) is 76.5 Å². The zero-order valence-corrected chi connectivity index (χ0v) is 15.5. The third-order valence-electron chi connectivity index (χ3n) is 4.57. The molecule has 18 heavy (non-hydrogen) atoms. The molecule has 1 aliphatic heterocycles. The van der Waals surface area contributed by atoms with Gasteiger partial charge in [-0.25, -0.2) is 0 Å². The normalized spacial score (nSPS) is 17.5.